The van der Waals surface area contributed by atoms with Crippen molar-refractivity contribution >= 4 is 59.5 Å². The van der Waals surface area contributed by atoms with E-state index in [9.17, 15) is 0 Å². The summed E-state index contributed by atoms with van der Waals surface area (Å²) in [5, 5.41) is 4.73. The van der Waals surface area contributed by atoms with E-state index >= 15 is 0 Å². The van der Waals surface area contributed by atoms with Crippen LogP contribution in [-0.2, 0) is 4.74 Å². The number of halogens is 1. The molecular formula is C22H19BrN2O2. The molecule has 136 valence electrons. The van der Waals surface area contributed by atoms with Crippen molar-refractivity contribution < 1.29 is 9.47 Å². The van der Waals surface area contributed by atoms with E-state index < -0.39 is 0 Å². The molecule has 0 radical (unpaired) electrons. The van der Waals surface area contributed by atoms with Gasteiger partial charge in [0.2, 0.25) is 0 Å². The maximum absolute atomic E-state index is 6.19. The van der Waals surface area contributed by atoms with Crippen LogP contribution in [0, 0.1) is 6.92 Å². The lowest BCUT2D eigenvalue weighted by atomic mass is 10.1. The molecule has 0 amide bonds. The Kier molecular flexibility index (Phi) is 3.88. The van der Waals surface area contributed by atoms with Crippen LogP contribution >= 0.6 is 15.9 Å². The van der Waals surface area contributed by atoms with Crippen molar-refractivity contribution in [3.05, 3.63) is 52.5 Å². The Hall–Kier alpha value is -2.50. The third kappa shape index (κ3) is 2.61. The van der Waals surface area contributed by atoms with E-state index in [0.717, 1.165) is 37.7 Å². The molecule has 0 saturated carbocycles. The molecule has 0 unspecified atom stereocenters. The van der Waals surface area contributed by atoms with Crippen molar-refractivity contribution in [1.29, 1.82) is 0 Å². The molecule has 27 heavy (non-hydrogen) atoms. The maximum atomic E-state index is 6.19. The number of hydrogen-bond donors (Lipinski definition) is 2. The Balaban J connectivity index is 1.91. The molecule has 0 fully saturated rings. The molecule has 0 aliphatic carbocycles. The first-order valence-electron chi connectivity index (χ1n) is 8.93. The minimum Gasteiger partial charge on any atom is -0.487 e. The van der Waals surface area contributed by atoms with Gasteiger partial charge in [-0.1, -0.05) is 27.6 Å². The average Bonchev–Trinajstić information content (AvgIpc) is 3.19. The predicted octanol–water partition coefficient (Wildman–Crippen LogP) is 6.05. The lowest BCUT2D eigenvalue weighted by Crippen LogP contribution is -2.05. The van der Waals surface area contributed by atoms with Gasteiger partial charge in [0.25, 0.3) is 0 Å². The molecule has 0 saturated heterocycles. The number of methoxy groups -OCH3 is 1. The van der Waals surface area contributed by atoms with Crippen LogP contribution in [0.5, 0.6) is 5.75 Å². The van der Waals surface area contributed by atoms with E-state index in [1.165, 1.54) is 21.7 Å². The first-order valence-corrected chi connectivity index (χ1v) is 9.73. The van der Waals surface area contributed by atoms with E-state index in [4.69, 9.17) is 9.47 Å². The monoisotopic (exact) mass is 422 g/mol. The number of aromatic amines is 2. The lowest BCUT2D eigenvalue weighted by molar-refractivity contribution is 0.148. The van der Waals surface area contributed by atoms with Crippen LogP contribution in [0.15, 0.2) is 46.9 Å². The minimum absolute atomic E-state index is 0.498. The van der Waals surface area contributed by atoms with Crippen molar-refractivity contribution in [2.75, 3.05) is 20.3 Å². The van der Waals surface area contributed by atoms with E-state index in [1.807, 2.05) is 6.07 Å². The number of aryl methyl sites for hydroxylation is 1. The second-order valence-corrected chi connectivity index (χ2v) is 7.80. The van der Waals surface area contributed by atoms with Crippen LogP contribution in [0.4, 0.5) is 0 Å². The molecule has 2 heterocycles. The van der Waals surface area contributed by atoms with E-state index in [2.05, 4.69) is 69.2 Å². The number of benzene rings is 3. The van der Waals surface area contributed by atoms with Crippen molar-refractivity contribution in [2.24, 2.45) is 0 Å². The van der Waals surface area contributed by atoms with E-state index in [1.54, 1.807) is 7.11 Å². The fourth-order valence-corrected chi connectivity index (χ4v) is 4.17. The molecule has 0 aliphatic heterocycles. The molecule has 2 aromatic heterocycles. The largest absolute Gasteiger partial charge is 0.487 e. The highest BCUT2D eigenvalue weighted by Crippen LogP contribution is 2.41. The molecule has 0 bridgehead atoms. The number of nitrogens with one attached hydrogen (secondary N) is 2. The summed E-state index contributed by atoms with van der Waals surface area (Å²) < 4.78 is 12.4. The first-order chi connectivity index (χ1) is 13.2. The summed E-state index contributed by atoms with van der Waals surface area (Å²) in [6.45, 7) is 3.16. The highest BCUT2D eigenvalue weighted by molar-refractivity contribution is 9.10. The SMILES string of the molecule is COCCOc1c2[nH]c3ccc(C)cc3c2cc2c1[nH]c1ccc(Br)cc12. The smallest absolute Gasteiger partial charge is 0.167 e. The van der Waals surface area contributed by atoms with Crippen LogP contribution < -0.4 is 4.74 Å². The zero-order valence-electron chi connectivity index (χ0n) is 15.2. The summed E-state index contributed by atoms with van der Waals surface area (Å²) in [5.41, 5.74) is 5.48. The van der Waals surface area contributed by atoms with Crippen molar-refractivity contribution in [2.45, 2.75) is 6.92 Å². The van der Waals surface area contributed by atoms with Gasteiger partial charge in [0.15, 0.2) is 5.75 Å². The van der Waals surface area contributed by atoms with Gasteiger partial charge in [-0.3, -0.25) is 0 Å². The highest BCUT2D eigenvalue weighted by atomic mass is 79.9. The average molecular weight is 423 g/mol. The topological polar surface area (TPSA) is 50.0 Å². The van der Waals surface area contributed by atoms with E-state index in [0.29, 0.717) is 13.2 Å². The van der Waals surface area contributed by atoms with Gasteiger partial charge in [0, 0.05) is 44.2 Å². The summed E-state index contributed by atoms with van der Waals surface area (Å²) >= 11 is 3.60. The number of ether oxygens (including phenoxy) is 2. The van der Waals surface area contributed by atoms with Crippen LogP contribution in [0.2, 0.25) is 0 Å². The number of hydrogen-bond acceptors (Lipinski definition) is 2. The van der Waals surface area contributed by atoms with Crippen LogP contribution in [0.3, 0.4) is 0 Å². The molecule has 0 aliphatic rings. The van der Waals surface area contributed by atoms with Gasteiger partial charge >= 0.3 is 0 Å². The van der Waals surface area contributed by atoms with Crippen LogP contribution in [-0.4, -0.2) is 30.3 Å². The highest BCUT2D eigenvalue weighted by Gasteiger charge is 2.17. The second-order valence-electron chi connectivity index (χ2n) is 6.88. The Morgan fingerprint density at radius 2 is 1.48 bits per heavy atom. The van der Waals surface area contributed by atoms with Gasteiger partial charge in [0.1, 0.15) is 6.61 Å². The van der Waals surface area contributed by atoms with Gasteiger partial charge in [0.05, 0.1) is 17.6 Å². The third-order valence-corrected chi connectivity index (χ3v) is 5.56. The standard InChI is InChI=1S/C22H19BrN2O2/c1-12-3-5-18-14(9-12)16-11-17-15-10-13(23)4-6-19(15)25-21(17)22(20(16)24-18)27-8-7-26-2/h3-6,9-11,24-25H,7-8H2,1-2H3. The summed E-state index contributed by atoms with van der Waals surface area (Å²) in [7, 11) is 1.69. The van der Waals surface area contributed by atoms with Gasteiger partial charge < -0.3 is 19.4 Å². The van der Waals surface area contributed by atoms with Crippen LogP contribution in [0.1, 0.15) is 5.56 Å². The number of fused-ring (bicyclic) bond motifs is 6. The van der Waals surface area contributed by atoms with Crippen LogP contribution in [0.25, 0.3) is 43.6 Å². The Morgan fingerprint density at radius 1 is 0.815 bits per heavy atom. The predicted molar refractivity (Wildman–Crippen MR) is 115 cm³/mol. The van der Waals surface area contributed by atoms with Gasteiger partial charge in [-0.2, -0.15) is 0 Å². The third-order valence-electron chi connectivity index (χ3n) is 5.07. The quantitative estimate of drug-likeness (QED) is 0.346. The molecule has 0 spiro atoms. The summed E-state index contributed by atoms with van der Waals surface area (Å²) in [6.07, 6.45) is 0. The first kappa shape index (κ1) is 16.7. The van der Waals surface area contributed by atoms with E-state index in [-0.39, 0.29) is 0 Å². The van der Waals surface area contributed by atoms with Crippen molar-refractivity contribution in [3.63, 3.8) is 0 Å². The summed E-state index contributed by atoms with van der Waals surface area (Å²) in [6, 6.07) is 15.0. The van der Waals surface area contributed by atoms with Gasteiger partial charge in [-0.15, -0.1) is 0 Å². The summed E-state index contributed by atoms with van der Waals surface area (Å²) in [5.74, 6) is 0.848. The maximum Gasteiger partial charge on any atom is 0.167 e. The second kappa shape index (κ2) is 6.29. The number of H-pyrrole nitrogens is 2. The fourth-order valence-electron chi connectivity index (χ4n) is 3.81. The minimum atomic E-state index is 0.498. The van der Waals surface area contributed by atoms with Crippen molar-refractivity contribution in [3.8, 4) is 5.75 Å². The Morgan fingerprint density at radius 3 is 2.19 bits per heavy atom. The van der Waals surface area contributed by atoms with Gasteiger partial charge in [-0.05, 0) is 43.3 Å². The lowest BCUT2D eigenvalue weighted by Gasteiger charge is -2.08. The molecule has 0 atom stereocenters. The Labute approximate surface area is 164 Å². The molecule has 3 aromatic carbocycles. The molecular weight excluding hydrogens is 404 g/mol. The molecule has 5 rings (SSSR count). The normalized spacial score (nSPS) is 12.0. The number of rotatable bonds is 4. The fraction of sp³-hybridized carbons (Fsp3) is 0.182. The molecule has 5 aromatic rings. The molecule has 4 nitrogen and oxygen atoms in total. The Bertz CT molecular complexity index is 1220. The molecule has 2 N–H and O–H groups in total. The zero-order valence-corrected chi connectivity index (χ0v) is 16.7. The zero-order chi connectivity index (χ0) is 18.5. The summed E-state index contributed by atoms with van der Waals surface area (Å²) in [4.78, 5) is 7.10. The van der Waals surface area contributed by atoms with Crippen molar-refractivity contribution in [1.82, 2.24) is 9.97 Å². The molecule has 5 heteroatoms. The van der Waals surface area contributed by atoms with Gasteiger partial charge in [-0.25, -0.2) is 0 Å². The number of aromatic nitrogens is 2.